The van der Waals surface area contributed by atoms with Crippen LogP contribution in [0.15, 0.2) is 55.1 Å². The molecule has 0 spiro atoms. The lowest BCUT2D eigenvalue weighted by Gasteiger charge is -2.39. The zero-order valence-electron chi connectivity index (χ0n) is 16.4. The van der Waals surface area contributed by atoms with Crippen molar-refractivity contribution >= 4 is 17.5 Å². The number of rotatable bonds is 4. The molecule has 2 aromatic carbocycles. The molecule has 9 heteroatoms. The average Bonchev–Trinajstić information content (AvgIpc) is 2.74. The molecule has 1 aliphatic rings. The fourth-order valence-electron chi connectivity index (χ4n) is 3.62. The molecule has 1 saturated heterocycles. The Morgan fingerprint density at radius 2 is 1.77 bits per heavy atom. The summed E-state index contributed by atoms with van der Waals surface area (Å²) in [6, 6.07) is 8.83. The minimum absolute atomic E-state index is 0.0309. The fraction of sp³-hybridized carbons (Fsp3) is 0.273. The van der Waals surface area contributed by atoms with E-state index in [2.05, 4.69) is 11.9 Å². The zero-order valence-corrected chi connectivity index (χ0v) is 16.4. The number of aliphatic hydroxyl groups is 1. The first kappa shape index (κ1) is 22.4. The SMILES string of the molecule is C=CC(=O)Nc1cc(C(=O)N2CCC(O)(c3ccccc3C(F)(F)F)CC2)ccc1O. The number of amides is 2. The van der Waals surface area contributed by atoms with E-state index in [1.165, 1.54) is 41.3 Å². The van der Waals surface area contributed by atoms with E-state index in [1.807, 2.05) is 0 Å². The van der Waals surface area contributed by atoms with Crippen molar-refractivity contribution in [1.82, 2.24) is 4.90 Å². The highest BCUT2D eigenvalue weighted by Gasteiger charge is 2.42. The second kappa shape index (κ2) is 8.43. The molecule has 0 bridgehead atoms. The van der Waals surface area contributed by atoms with Gasteiger partial charge in [-0.1, -0.05) is 24.8 Å². The van der Waals surface area contributed by atoms with Gasteiger partial charge in [0.05, 0.1) is 16.9 Å². The second-order valence-corrected chi connectivity index (χ2v) is 7.29. The first-order valence-corrected chi connectivity index (χ1v) is 9.50. The van der Waals surface area contributed by atoms with Crippen molar-refractivity contribution in [3.63, 3.8) is 0 Å². The summed E-state index contributed by atoms with van der Waals surface area (Å²) in [5.74, 6) is -1.23. The van der Waals surface area contributed by atoms with Gasteiger partial charge in [-0.3, -0.25) is 9.59 Å². The van der Waals surface area contributed by atoms with Gasteiger partial charge in [0.15, 0.2) is 0 Å². The van der Waals surface area contributed by atoms with Gasteiger partial charge in [-0.2, -0.15) is 13.2 Å². The minimum Gasteiger partial charge on any atom is -0.506 e. The van der Waals surface area contributed by atoms with Crippen LogP contribution in [0.1, 0.15) is 34.3 Å². The summed E-state index contributed by atoms with van der Waals surface area (Å²) in [6.45, 7) is 3.39. The Kier molecular flexibility index (Phi) is 6.08. The van der Waals surface area contributed by atoms with Crippen molar-refractivity contribution in [3.8, 4) is 5.75 Å². The highest BCUT2D eigenvalue weighted by atomic mass is 19.4. The number of aromatic hydroxyl groups is 1. The van der Waals surface area contributed by atoms with Crippen LogP contribution in [0, 0.1) is 0 Å². The number of nitrogens with one attached hydrogen (secondary N) is 1. The second-order valence-electron chi connectivity index (χ2n) is 7.29. The third kappa shape index (κ3) is 4.72. The topological polar surface area (TPSA) is 89.9 Å². The maximum atomic E-state index is 13.4. The van der Waals surface area contributed by atoms with Gasteiger partial charge in [-0.25, -0.2) is 0 Å². The highest BCUT2D eigenvalue weighted by molar-refractivity contribution is 6.02. The first-order valence-electron chi connectivity index (χ1n) is 9.50. The Hall–Kier alpha value is -3.33. The molecule has 6 nitrogen and oxygen atoms in total. The van der Waals surface area contributed by atoms with Gasteiger partial charge >= 0.3 is 6.18 Å². The Morgan fingerprint density at radius 3 is 2.39 bits per heavy atom. The van der Waals surface area contributed by atoms with E-state index in [4.69, 9.17) is 0 Å². The number of alkyl halides is 3. The van der Waals surface area contributed by atoms with E-state index in [1.54, 1.807) is 0 Å². The summed E-state index contributed by atoms with van der Waals surface area (Å²) < 4.78 is 40.1. The minimum atomic E-state index is -4.60. The molecule has 0 unspecified atom stereocenters. The van der Waals surface area contributed by atoms with Gasteiger partial charge in [0.25, 0.3) is 5.91 Å². The van der Waals surface area contributed by atoms with Crippen LogP contribution >= 0.6 is 0 Å². The van der Waals surface area contributed by atoms with Crippen molar-refractivity contribution in [2.45, 2.75) is 24.6 Å². The molecular weight excluding hydrogens is 413 g/mol. The van der Waals surface area contributed by atoms with E-state index in [9.17, 15) is 33.0 Å². The van der Waals surface area contributed by atoms with E-state index in [0.717, 1.165) is 12.1 Å². The van der Waals surface area contributed by atoms with Gasteiger partial charge in [-0.05, 0) is 48.7 Å². The molecule has 1 fully saturated rings. The Morgan fingerprint density at radius 1 is 1.13 bits per heavy atom. The number of likely N-dealkylation sites (tertiary alicyclic amines) is 1. The van der Waals surface area contributed by atoms with E-state index in [0.29, 0.717) is 0 Å². The summed E-state index contributed by atoms with van der Waals surface area (Å²) >= 11 is 0. The number of hydrogen-bond acceptors (Lipinski definition) is 4. The number of halogens is 3. The smallest absolute Gasteiger partial charge is 0.416 e. The van der Waals surface area contributed by atoms with Gasteiger partial charge in [0.2, 0.25) is 5.91 Å². The molecule has 0 aliphatic carbocycles. The lowest BCUT2D eigenvalue weighted by Crippen LogP contribution is -2.45. The number of nitrogens with zero attached hydrogens (tertiary/aromatic N) is 1. The average molecular weight is 434 g/mol. The van der Waals surface area contributed by atoms with Crippen molar-refractivity contribution in [1.29, 1.82) is 0 Å². The Bertz CT molecular complexity index is 1010. The van der Waals surface area contributed by atoms with Crippen LogP contribution in [-0.2, 0) is 16.6 Å². The van der Waals surface area contributed by atoms with Gasteiger partial charge in [0, 0.05) is 18.7 Å². The monoisotopic (exact) mass is 434 g/mol. The van der Waals surface area contributed by atoms with E-state index >= 15 is 0 Å². The molecule has 3 rings (SSSR count). The van der Waals surface area contributed by atoms with Crippen molar-refractivity contribution in [2.75, 3.05) is 18.4 Å². The number of benzene rings is 2. The quantitative estimate of drug-likeness (QED) is 0.506. The number of carbonyl (C=O) groups excluding carboxylic acids is 2. The predicted octanol–water partition coefficient (Wildman–Crippen LogP) is 3.66. The summed E-state index contributed by atoms with van der Waals surface area (Å²) in [4.78, 5) is 25.7. The number of carbonyl (C=O) groups is 2. The summed E-state index contributed by atoms with van der Waals surface area (Å²) in [6.07, 6.45) is -3.72. The number of anilines is 1. The fourth-order valence-corrected chi connectivity index (χ4v) is 3.62. The lowest BCUT2D eigenvalue weighted by atomic mass is 9.81. The van der Waals surface area contributed by atoms with Crippen LogP contribution in [0.2, 0.25) is 0 Å². The van der Waals surface area contributed by atoms with Crippen LogP contribution < -0.4 is 5.32 Å². The zero-order chi connectivity index (χ0) is 22.8. The molecule has 0 radical (unpaired) electrons. The molecule has 0 atom stereocenters. The van der Waals surface area contributed by atoms with Crippen LogP contribution in [0.3, 0.4) is 0 Å². The molecule has 1 aliphatic heterocycles. The van der Waals surface area contributed by atoms with E-state index < -0.39 is 29.2 Å². The Balaban J connectivity index is 1.77. The maximum Gasteiger partial charge on any atom is 0.416 e. The van der Waals surface area contributed by atoms with E-state index in [-0.39, 0.29) is 48.5 Å². The standard InChI is InChI=1S/C22H21F3N2O4/c1-2-19(29)26-17-13-14(7-8-18(17)28)20(30)27-11-9-21(31,10-12-27)15-5-3-4-6-16(15)22(23,24)25/h2-8,13,28,31H,1,9-12H2,(H,26,29). The van der Waals surface area contributed by atoms with Gasteiger partial charge < -0.3 is 20.4 Å². The van der Waals surface area contributed by atoms with Gasteiger partial charge in [-0.15, -0.1) is 0 Å². The predicted molar refractivity (Wildman–Crippen MR) is 107 cm³/mol. The molecule has 3 N–H and O–H groups in total. The largest absolute Gasteiger partial charge is 0.506 e. The third-order valence-electron chi connectivity index (χ3n) is 5.30. The van der Waals surface area contributed by atoms with Crippen LogP contribution in [0.25, 0.3) is 0 Å². The van der Waals surface area contributed by atoms with Crippen molar-refractivity contribution in [3.05, 3.63) is 71.8 Å². The summed E-state index contributed by atoms with van der Waals surface area (Å²) in [7, 11) is 0. The van der Waals surface area contributed by atoms with Crippen molar-refractivity contribution < 1.29 is 33.0 Å². The number of hydrogen-bond donors (Lipinski definition) is 3. The molecule has 31 heavy (non-hydrogen) atoms. The molecule has 0 aromatic heterocycles. The van der Waals surface area contributed by atoms with Crippen molar-refractivity contribution in [2.24, 2.45) is 0 Å². The molecule has 1 heterocycles. The number of phenols is 1. The van der Waals surface area contributed by atoms with Crippen LogP contribution in [0.4, 0.5) is 18.9 Å². The normalized spacial score (nSPS) is 15.9. The molecular formula is C22H21F3N2O4. The lowest BCUT2D eigenvalue weighted by molar-refractivity contribution is -0.141. The number of phenolic OH excluding ortho intramolecular Hbond substituents is 1. The molecule has 2 amide bonds. The van der Waals surface area contributed by atoms with Crippen LogP contribution in [-0.4, -0.2) is 40.0 Å². The first-order chi connectivity index (χ1) is 14.5. The summed E-state index contributed by atoms with van der Waals surface area (Å²) in [5.41, 5.74) is -2.59. The summed E-state index contributed by atoms with van der Waals surface area (Å²) in [5, 5.41) is 23.2. The third-order valence-corrected chi connectivity index (χ3v) is 5.30. The van der Waals surface area contributed by atoms with Gasteiger partial charge in [0.1, 0.15) is 5.75 Å². The molecule has 164 valence electrons. The Labute approximate surface area is 176 Å². The van der Waals surface area contributed by atoms with Crippen LogP contribution in [0.5, 0.6) is 5.75 Å². The highest BCUT2D eigenvalue weighted by Crippen LogP contribution is 2.41. The maximum absolute atomic E-state index is 13.4. The number of piperidine rings is 1. The molecule has 0 saturated carbocycles. The molecule has 2 aromatic rings.